The topological polar surface area (TPSA) is 73.0 Å². The lowest BCUT2D eigenvalue weighted by Gasteiger charge is -2.03. The Morgan fingerprint density at radius 3 is 2.95 bits per heavy atom. The number of furan rings is 1. The van der Waals surface area contributed by atoms with Gasteiger partial charge in [0, 0.05) is 5.56 Å². The van der Waals surface area contributed by atoms with Gasteiger partial charge >= 0.3 is 0 Å². The molecule has 2 aromatic heterocycles. The molecule has 0 aliphatic carbocycles. The molecular weight excluding hydrogens is 256 g/mol. The minimum atomic E-state index is -0.118. The fraction of sp³-hybridized carbons (Fsp3) is 0.0714. The zero-order valence-electron chi connectivity index (χ0n) is 10.4. The number of nitrogens with zero attached hydrogens (tertiary/aromatic N) is 3. The maximum absolute atomic E-state index is 11.9. The van der Waals surface area contributed by atoms with E-state index in [0.717, 1.165) is 11.3 Å². The summed E-state index contributed by atoms with van der Waals surface area (Å²) in [7, 11) is 0. The van der Waals surface area contributed by atoms with Gasteiger partial charge < -0.3 is 9.73 Å². The quantitative estimate of drug-likeness (QED) is 0.732. The van der Waals surface area contributed by atoms with Gasteiger partial charge in [-0.1, -0.05) is 12.1 Å². The van der Waals surface area contributed by atoms with E-state index in [4.69, 9.17) is 4.42 Å². The van der Waals surface area contributed by atoms with Crippen molar-refractivity contribution in [3.8, 4) is 23.0 Å². The van der Waals surface area contributed by atoms with Gasteiger partial charge in [0.1, 0.15) is 6.54 Å². The second-order valence-electron chi connectivity index (χ2n) is 4.49. The average molecular weight is 266 g/mol. The highest BCUT2D eigenvalue weighted by atomic mass is 16.3. The van der Waals surface area contributed by atoms with Crippen molar-refractivity contribution in [3.05, 3.63) is 42.7 Å². The van der Waals surface area contributed by atoms with Gasteiger partial charge in [0.05, 0.1) is 12.0 Å². The number of carbonyl (C=O) groups is 1. The Morgan fingerprint density at radius 2 is 2.10 bits per heavy atom. The summed E-state index contributed by atoms with van der Waals surface area (Å²) in [5, 5.41) is 7.20. The molecule has 0 unspecified atom stereocenters. The summed E-state index contributed by atoms with van der Waals surface area (Å²) in [5.41, 5.74) is 1.60. The molecule has 0 saturated heterocycles. The first-order valence-corrected chi connectivity index (χ1v) is 6.19. The Bertz CT molecular complexity index is 789. The number of fused-ring (bicyclic) bond motifs is 3. The summed E-state index contributed by atoms with van der Waals surface area (Å²) < 4.78 is 6.90. The Morgan fingerprint density at radius 1 is 1.20 bits per heavy atom. The third-order valence-corrected chi connectivity index (χ3v) is 3.15. The predicted octanol–water partition coefficient (Wildman–Crippen LogP) is 2.16. The third-order valence-electron chi connectivity index (χ3n) is 3.15. The standard InChI is InChI=1S/C14H10N4O2/c19-12-8-18-14(9-4-1-2-5-10(9)15-12)16-13(17-18)11-6-3-7-20-11/h1-7H,8H2,(H,15,19). The molecule has 3 aromatic rings. The van der Waals surface area contributed by atoms with E-state index in [1.165, 1.54) is 0 Å². The van der Waals surface area contributed by atoms with Crippen molar-refractivity contribution in [1.82, 2.24) is 14.8 Å². The van der Waals surface area contributed by atoms with Gasteiger partial charge in [0.2, 0.25) is 11.7 Å². The molecule has 6 nitrogen and oxygen atoms in total. The van der Waals surface area contributed by atoms with E-state index in [0.29, 0.717) is 17.4 Å². The van der Waals surface area contributed by atoms with Crippen LogP contribution >= 0.6 is 0 Å². The molecule has 1 amide bonds. The van der Waals surface area contributed by atoms with Gasteiger partial charge in [-0.05, 0) is 24.3 Å². The molecule has 1 aromatic carbocycles. The van der Waals surface area contributed by atoms with E-state index in [1.54, 1.807) is 23.1 Å². The number of rotatable bonds is 1. The molecule has 6 heteroatoms. The monoisotopic (exact) mass is 266 g/mol. The summed E-state index contributed by atoms with van der Waals surface area (Å²) >= 11 is 0. The van der Waals surface area contributed by atoms with Crippen molar-refractivity contribution in [2.75, 3.05) is 5.32 Å². The van der Waals surface area contributed by atoms with Gasteiger partial charge in [-0.25, -0.2) is 9.67 Å². The average Bonchev–Trinajstić information content (AvgIpc) is 3.06. The fourth-order valence-electron chi connectivity index (χ4n) is 2.27. The number of anilines is 1. The summed E-state index contributed by atoms with van der Waals surface area (Å²) in [6, 6.07) is 11.1. The number of benzene rings is 1. The Balaban J connectivity index is 1.93. The fourth-order valence-corrected chi connectivity index (χ4v) is 2.27. The van der Waals surface area contributed by atoms with Gasteiger partial charge in [-0.3, -0.25) is 4.79 Å². The van der Waals surface area contributed by atoms with Crippen LogP contribution in [0, 0.1) is 0 Å². The van der Waals surface area contributed by atoms with Gasteiger partial charge in [0.25, 0.3) is 0 Å². The first-order valence-electron chi connectivity index (χ1n) is 6.19. The predicted molar refractivity (Wildman–Crippen MR) is 71.8 cm³/mol. The number of hydrogen-bond donors (Lipinski definition) is 1. The summed E-state index contributed by atoms with van der Waals surface area (Å²) in [6.45, 7) is 0.137. The normalized spacial score (nSPS) is 13.3. The molecule has 98 valence electrons. The maximum atomic E-state index is 11.9. The number of para-hydroxylation sites is 1. The van der Waals surface area contributed by atoms with Crippen LogP contribution in [0.2, 0.25) is 0 Å². The van der Waals surface area contributed by atoms with Crippen molar-refractivity contribution in [2.45, 2.75) is 6.54 Å². The summed E-state index contributed by atoms with van der Waals surface area (Å²) in [4.78, 5) is 16.4. The van der Waals surface area contributed by atoms with Crippen molar-refractivity contribution in [1.29, 1.82) is 0 Å². The second kappa shape index (κ2) is 4.06. The van der Waals surface area contributed by atoms with Crippen LogP contribution < -0.4 is 5.32 Å². The summed E-state index contributed by atoms with van der Waals surface area (Å²) in [6.07, 6.45) is 1.57. The van der Waals surface area contributed by atoms with Crippen LogP contribution in [0.1, 0.15) is 0 Å². The Kier molecular flexibility index (Phi) is 2.23. The van der Waals surface area contributed by atoms with Crippen LogP contribution in [0.15, 0.2) is 47.1 Å². The van der Waals surface area contributed by atoms with Gasteiger partial charge in [-0.2, -0.15) is 0 Å². The Hall–Kier alpha value is -2.89. The van der Waals surface area contributed by atoms with E-state index >= 15 is 0 Å². The number of hydrogen-bond acceptors (Lipinski definition) is 4. The highest BCUT2D eigenvalue weighted by molar-refractivity contribution is 5.96. The molecule has 20 heavy (non-hydrogen) atoms. The van der Waals surface area contributed by atoms with E-state index < -0.39 is 0 Å². The first-order chi connectivity index (χ1) is 9.81. The van der Waals surface area contributed by atoms with Gasteiger partial charge in [-0.15, -0.1) is 5.10 Å². The zero-order valence-corrected chi connectivity index (χ0v) is 10.4. The van der Waals surface area contributed by atoms with Crippen LogP contribution in [-0.2, 0) is 11.3 Å². The lowest BCUT2D eigenvalue weighted by molar-refractivity contribution is -0.116. The van der Waals surface area contributed by atoms with Gasteiger partial charge in [0.15, 0.2) is 11.6 Å². The minimum absolute atomic E-state index is 0.118. The molecule has 0 spiro atoms. The Labute approximate surface area is 114 Å². The maximum Gasteiger partial charge on any atom is 0.246 e. The molecule has 0 saturated carbocycles. The lowest BCUT2D eigenvalue weighted by atomic mass is 10.1. The van der Waals surface area contributed by atoms with E-state index in [2.05, 4.69) is 15.4 Å². The SMILES string of the molecule is O=C1Cn2nc(-c3ccco3)nc2-c2ccccc2N1. The molecule has 1 N–H and O–H groups in total. The highest BCUT2D eigenvalue weighted by Gasteiger charge is 2.22. The smallest absolute Gasteiger partial charge is 0.246 e. The molecule has 1 aliphatic rings. The molecule has 0 atom stereocenters. The summed E-state index contributed by atoms with van der Waals surface area (Å²) in [5.74, 6) is 1.61. The van der Waals surface area contributed by atoms with Crippen LogP contribution in [0.25, 0.3) is 23.0 Å². The number of aromatic nitrogens is 3. The van der Waals surface area contributed by atoms with E-state index in [9.17, 15) is 4.79 Å². The molecule has 0 bridgehead atoms. The van der Waals surface area contributed by atoms with Crippen molar-refractivity contribution in [3.63, 3.8) is 0 Å². The largest absolute Gasteiger partial charge is 0.461 e. The van der Waals surface area contributed by atoms with Crippen molar-refractivity contribution in [2.24, 2.45) is 0 Å². The number of nitrogens with one attached hydrogen (secondary N) is 1. The van der Waals surface area contributed by atoms with Crippen molar-refractivity contribution < 1.29 is 9.21 Å². The van der Waals surface area contributed by atoms with Crippen molar-refractivity contribution >= 4 is 11.6 Å². The van der Waals surface area contributed by atoms with E-state index in [-0.39, 0.29) is 12.5 Å². The zero-order chi connectivity index (χ0) is 13.5. The van der Waals surface area contributed by atoms with E-state index in [1.807, 2.05) is 24.3 Å². The molecule has 0 radical (unpaired) electrons. The van der Waals surface area contributed by atoms with Crippen LogP contribution in [0.5, 0.6) is 0 Å². The molecule has 3 heterocycles. The lowest BCUT2D eigenvalue weighted by Crippen LogP contribution is -2.17. The highest BCUT2D eigenvalue weighted by Crippen LogP contribution is 2.30. The van der Waals surface area contributed by atoms with Crippen LogP contribution in [0.4, 0.5) is 5.69 Å². The molecule has 0 fully saturated rings. The third kappa shape index (κ3) is 1.62. The second-order valence-corrected chi connectivity index (χ2v) is 4.49. The molecule has 4 rings (SSSR count). The first kappa shape index (κ1) is 11.0. The van der Waals surface area contributed by atoms with Crippen LogP contribution in [0.3, 0.4) is 0 Å². The molecular formula is C14H10N4O2. The number of carbonyl (C=O) groups excluding carboxylic acids is 1. The van der Waals surface area contributed by atoms with Crippen LogP contribution in [-0.4, -0.2) is 20.7 Å². The molecule has 1 aliphatic heterocycles. The number of amides is 1. The minimum Gasteiger partial charge on any atom is -0.461 e.